The van der Waals surface area contributed by atoms with Gasteiger partial charge in [-0.05, 0) is 55.0 Å². The van der Waals surface area contributed by atoms with Gasteiger partial charge in [-0.1, -0.05) is 24.3 Å². The van der Waals surface area contributed by atoms with E-state index in [1.807, 2.05) is 18.2 Å². The van der Waals surface area contributed by atoms with Crippen molar-refractivity contribution in [3.05, 3.63) is 83.9 Å². The van der Waals surface area contributed by atoms with Crippen molar-refractivity contribution < 1.29 is 22.7 Å². The number of sulfonamides is 1. The lowest BCUT2D eigenvalue weighted by atomic mass is 10.1. The van der Waals surface area contributed by atoms with E-state index in [1.54, 1.807) is 56.5 Å². The number of hydrogen-bond donors (Lipinski definition) is 2. The van der Waals surface area contributed by atoms with Gasteiger partial charge >= 0.3 is 0 Å². The second-order valence-corrected chi connectivity index (χ2v) is 8.41. The third kappa shape index (κ3) is 5.99. The first-order valence-corrected chi connectivity index (χ1v) is 11.1. The minimum Gasteiger partial charge on any atom is -0.497 e. The summed E-state index contributed by atoms with van der Waals surface area (Å²) in [6.45, 7) is 2.36. The molecule has 0 unspecified atom stereocenters. The standard InChI is InChI=1S/C23H24N2O5S/c1-17-15-18(11-12-22(17)25-31(27,28)21-9-4-3-5-10-21)23(26)24-13-14-30-20-8-6-7-19(16-20)29-2/h3-12,15-16,25H,13-14H2,1-2H3,(H,24,26). The van der Waals surface area contributed by atoms with Crippen LogP contribution in [0.4, 0.5) is 5.69 Å². The molecule has 31 heavy (non-hydrogen) atoms. The molecule has 1 amide bonds. The van der Waals surface area contributed by atoms with Crippen LogP contribution in [0.5, 0.6) is 11.5 Å². The van der Waals surface area contributed by atoms with Gasteiger partial charge in [-0.25, -0.2) is 8.42 Å². The van der Waals surface area contributed by atoms with Crippen LogP contribution >= 0.6 is 0 Å². The van der Waals surface area contributed by atoms with Gasteiger partial charge in [0.15, 0.2) is 0 Å². The first-order valence-electron chi connectivity index (χ1n) is 9.62. The number of benzene rings is 3. The SMILES string of the molecule is COc1cccc(OCCNC(=O)c2ccc(NS(=O)(=O)c3ccccc3)c(C)c2)c1. The van der Waals surface area contributed by atoms with Gasteiger partial charge in [0.25, 0.3) is 15.9 Å². The van der Waals surface area contributed by atoms with Crippen LogP contribution in [0, 0.1) is 6.92 Å². The van der Waals surface area contributed by atoms with Crippen molar-refractivity contribution in [2.75, 3.05) is 25.0 Å². The molecule has 0 aromatic heterocycles. The average molecular weight is 441 g/mol. The molecule has 0 aliphatic carbocycles. The number of amides is 1. The second-order valence-electron chi connectivity index (χ2n) is 6.73. The number of nitrogens with one attached hydrogen (secondary N) is 2. The van der Waals surface area contributed by atoms with Crippen LogP contribution in [0.1, 0.15) is 15.9 Å². The van der Waals surface area contributed by atoms with Gasteiger partial charge in [0.1, 0.15) is 18.1 Å². The van der Waals surface area contributed by atoms with Gasteiger partial charge < -0.3 is 14.8 Å². The number of hydrogen-bond acceptors (Lipinski definition) is 5. The van der Waals surface area contributed by atoms with E-state index in [4.69, 9.17) is 9.47 Å². The van der Waals surface area contributed by atoms with Crippen LogP contribution in [0.15, 0.2) is 77.7 Å². The number of carbonyl (C=O) groups excluding carboxylic acids is 1. The first-order chi connectivity index (χ1) is 14.9. The number of ether oxygens (including phenoxy) is 2. The average Bonchev–Trinajstić information content (AvgIpc) is 2.78. The number of rotatable bonds is 9. The zero-order valence-electron chi connectivity index (χ0n) is 17.3. The fourth-order valence-corrected chi connectivity index (χ4v) is 4.00. The molecule has 2 N–H and O–H groups in total. The molecule has 3 aromatic rings. The van der Waals surface area contributed by atoms with Crippen LogP contribution < -0.4 is 19.5 Å². The largest absolute Gasteiger partial charge is 0.497 e. The van der Waals surface area contributed by atoms with E-state index in [0.29, 0.717) is 41.5 Å². The Bertz CT molecular complexity index is 1150. The molecule has 0 atom stereocenters. The topological polar surface area (TPSA) is 93.7 Å². The maximum absolute atomic E-state index is 12.5. The van der Waals surface area contributed by atoms with Gasteiger partial charge in [-0.3, -0.25) is 9.52 Å². The predicted molar refractivity (Wildman–Crippen MR) is 119 cm³/mol. The zero-order valence-corrected chi connectivity index (χ0v) is 18.1. The highest BCUT2D eigenvalue weighted by molar-refractivity contribution is 7.92. The fourth-order valence-electron chi connectivity index (χ4n) is 2.85. The Morgan fingerprint density at radius 3 is 2.39 bits per heavy atom. The Balaban J connectivity index is 1.56. The van der Waals surface area contributed by atoms with Gasteiger partial charge in [0.05, 0.1) is 24.2 Å². The lowest BCUT2D eigenvalue weighted by Crippen LogP contribution is -2.28. The maximum Gasteiger partial charge on any atom is 0.261 e. The van der Waals surface area contributed by atoms with Crippen molar-refractivity contribution in [1.82, 2.24) is 5.32 Å². The van der Waals surface area contributed by atoms with Crippen molar-refractivity contribution >= 4 is 21.6 Å². The Kier molecular flexibility index (Phi) is 7.15. The molecule has 0 fully saturated rings. The highest BCUT2D eigenvalue weighted by Gasteiger charge is 2.15. The monoisotopic (exact) mass is 440 g/mol. The maximum atomic E-state index is 12.5. The number of anilines is 1. The van der Waals surface area contributed by atoms with Crippen LogP contribution in [0.2, 0.25) is 0 Å². The summed E-state index contributed by atoms with van der Waals surface area (Å²) in [6.07, 6.45) is 0. The minimum atomic E-state index is -3.69. The summed E-state index contributed by atoms with van der Waals surface area (Å²) in [5, 5.41) is 2.78. The lowest BCUT2D eigenvalue weighted by molar-refractivity contribution is 0.0947. The van der Waals surface area contributed by atoms with Crippen LogP contribution in [0.25, 0.3) is 0 Å². The van der Waals surface area contributed by atoms with E-state index in [2.05, 4.69) is 10.0 Å². The smallest absolute Gasteiger partial charge is 0.261 e. The summed E-state index contributed by atoms with van der Waals surface area (Å²) in [4.78, 5) is 12.6. The summed E-state index contributed by atoms with van der Waals surface area (Å²) in [5.74, 6) is 1.08. The van der Waals surface area contributed by atoms with E-state index in [-0.39, 0.29) is 10.8 Å². The van der Waals surface area contributed by atoms with E-state index in [0.717, 1.165) is 0 Å². The van der Waals surface area contributed by atoms with Crippen molar-refractivity contribution in [1.29, 1.82) is 0 Å². The molecule has 3 aromatic carbocycles. The zero-order chi connectivity index (χ0) is 22.3. The van der Waals surface area contributed by atoms with Gasteiger partial charge in [0, 0.05) is 11.6 Å². The summed E-state index contributed by atoms with van der Waals surface area (Å²) in [6, 6.07) is 20.1. The lowest BCUT2D eigenvalue weighted by Gasteiger charge is -2.12. The molecular formula is C23H24N2O5S. The van der Waals surface area contributed by atoms with Crippen molar-refractivity contribution in [2.24, 2.45) is 0 Å². The Hall–Kier alpha value is -3.52. The van der Waals surface area contributed by atoms with Gasteiger partial charge in [-0.2, -0.15) is 0 Å². The van der Waals surface area contributed by atoms with E-state index < -0.39 is 10.0 Å². The molecule has 0 aliphatic heterocycles. The molecule has 162 valence electrons. The van der Waals surface area contributed by atoms with Crippen LogP contribution in [-0.2, 0) is 10.0 Å². The molecule has 8 heteroatoms. The Morgan fingerprint density at radius 2 is 1.68 bits per heavy atom. The molecule has 0 aliphatic rings. The number of carbonyl (C=O) groups is 1. The molecule has 0 heterocycles. The number of aryl methyl sites for hydroxylation is 1. The molecule has 0 saturated carbocycles. The summed E-state index contributed by atoms with van der Waals surface area (Å²) in [7, 11) is -2.11. The third-order valence-corrected chi connectivity index (χ3v) is 5.87. The van der Waals surface area contributed by atoms with Crippen LogP contribution in [0.3, 0.4) is 0 Å². The van der Waals surface area contributed by atoms with Gasteiger partial charge in [-0.15, -0.1) is 0 Å². The quantitative estimate of drug-likeness (QED) is 0.496. The highest BCUT2D eigenvalue weighted by Crippen LogP contribution is 2.21. The second kappa shape index (κ2) is 9.99. The Morgan fingerprint density at radius 1 is 0.935 bits per heavy atom. The third-order valence-electron chi connectivity index (χ3n) is 4.48. The van der Waals surface area contributed by atoms with E-state index in [9.17, 15) is 13.2 Å². The summed E-state index contributed by atoms with van der Waals surface area (Å²) in [5.41, 5.74) is 1.49. The Labute approximate surface area is 182 Å². The van der Waals surface area contributed by atoms with Crippen molar-refractivity contribution in [3.8, 4) is 11.5 Å². The number of methoxy groups -OCH3 is 1. The highest BCUT2D eigenvalue weighted by atomic mass is 32.2. The minimum absolute atomic E-state index is 0.173. The van der Waals surface area contributed by atoms with E-state index in [1.165, 1.54) is 12.1 Å². The van der Waals surface area contributed by atoms with E-state index >= 15 is 0 Å². The molecule has 0 bridgehead atoms. The molecule has 7 nitrogen and oxygen atoms in total. The van der Waals surface area contributed by atoms with Gasteiger partial charge in [0.2, 0.25) is 0 Å². The molecular weight excluding hydrogens is 416 g/mol. The van der Waals surface area contributed by atoms with Crippen LogP contribution in [-0.4, -0.2) is 34.6 Å². The molecule has 0 radical (unpaired) electrons. The molecule has 3 rings (SSSR count). The first kappa shape index (κ1) is 22.2. The fraction of sp³-hybridized carbons (Fsp3) is 0.174. The van der Waals surface area contributed by atoms with Crippen molar-refractivity contribution in [2.45, 2.75) is 11.8 Å². The molecule has 0 saturated heterocycles. The normalized spacial score (nSPS) is 10.9. The van der Waals surface area contributed by atoms with Crippen molar-refractivity contribution in [3.63, 3.8) is 0 Å². The summed E-state index contributed by atoms with van der Waals surface area (Å²) < 4.78 is 38.3. The summed E-state index contributed by atoms with van der Waals surface area (Å²) >= 11 is 0. The predicted octanol–water partition coefficient (Wildman–Crippen LogP) is 3.61. The molecule has 0 spiro atoms.